The van der Waals surface area contributed by atoms with Gasteiger partial charge in [0.25, 0.3) is 0 Å². The fourth-order valence-electron chi connectivity index (χ4n) is 1.70. The maximum absolute atomic E-state index is 9.03. The molecule has 5 heteroatoms. The van der Waals surface area contributed by atoms with Gasteiger partial charge in [0.2, 0.25) is 0 Å². The Morgan fingerprint density at radius 1 is 1.67 bits per heavy atom. The van der Waals surface area contributed by atoms with E-state index in [0.717, 1.165) is 33.1 Å². The van der Waals surface area contributed by atoms with Crippen molar-refractivity contribution in [1.82, 2.24) is 0 Å². The molecule has 1 aliphatic rings. The first-order valence-corrected chi connectivity index (χ1v) is 6.67. The van der Waals surface area contributed by atoms with Crippen LogP contribution in [0.25, 0.3) is 0 Å². The van der Waals surface area contributed by atoms with Crippen molar-refractivity contribution in [2.75, 3.05) is 6.61 Å². The first-order chi connectivity index (χ1) is 7.22. The van der Waals surface area contributed by atoms with Gasteiger partial charge in [0.1, 0.15) is 10.4 Å². The van der Waals surface area contributed by atoms with E-state index in [9.17, 15) is 0 Å². The second-order valence-electron chi connectivity index (χ2n) is 3.44. The fraction of sp³-hybridized carbons (Fsp3) is 0.500. The Labute approximate surface area is 106 Å². The highest BCUT2D eigenvalue weighted by atomic mass is 79.9. The molecule has 0 aliphatic carbocycles. The number of hydrogen-bond donors (Lipinski definition) is 0. The molecule has 1 saturated heterocycles. The molecular formula is C10H9BrClNOS. The average molecular weight is 307 g/mol. The van der Waals surface area contributed by atoms with Crippen molar-refractivity contribution < 1.29 is 4.74 Å². The van der Waals surface area contributed by atoms with Gasteiger partial charge < -0.3 is 4.74 Å². The lowest BCUT2D eigenvalue weighted by atomic mass is 9.95. The summed E-state index contributed by atoms with van der Waals surface area (Å²) in [6.45, 7) is 0.732. The summed E-state index contributed by atoms with van der Waals surface area (Å²) in [5.74, 6) is -0.0413. The molecule has 0 bridgehead atoms. The number of ether oxygens (including phenoxy) is 1. The molecule has 1 aromatic rings. The molecule has 0 spiro atoms. The first kappa shape index (κ1) is 11.4. The molecule has 2 atom stereocenters. The molecule has 2 unspecified atom stereocenters. The number of thiophene rings is 1. The normalized spacial score (nSPS) is 26.2. The zero-order valence-electron chi connectivity index (χ0n) is 7.87. The van der Waals surface area contributed by atoms with Crippen LogP contribution in [0.1, 0.15) is 23.8 Å². The third-order valence-corrected chi connectivity index (χ3v) is 4.97. The van der Waals surface area contributed by atoms with Gasteiger partial charge in [0.15, 0.2) is 0 Å². The molecule has 0 saturated carbocycles. The molecule has 2 nitrogen and oxygen atoms in total. The van der Waals surface area contributed by atoms with Crippen molar-refractivity contribution in [2.24, 2.45) is 5.92 Å². The molecule has 0 radical (unpaired) electrons. The van der Waals surface area contributed by atoms with E-state index < -0.39 is 0 Å². The van der Waals surface area contributed by atoms with Gasteiger partial charge in [0.05, 0.1) is 12.0 Å². The summed E-state index contributed by atoms with van der Waals surface area (Å²) in [5, 5.41) is 9.03. The predicted octanol–water partition coefficient (Wildman–Crippen LogP) is 4.16. The number of nitrogens with zero attached hydrogens (tertiary/aromatic N) is 1. The van der Waals surface area contributed by atoms with E-state index in [1.165, 1.54) is 11.3 Å². The first-order valence-electron chi connectivity index (χ1n) is 4.68. The van der Waals surface area contributed by atoms with E-state index in [2.05, 4.69) is 22.0 Å². The lowest BCUT2D eigenvalue weighted by Crippen LogP contribution is -2.20. The van der Waals surface area contributed by atoms with Gasteiger partial charge in [0, 0.05) is 16.0 Å². The number of rotatable bonds is 1. The van der Waals surface area contributed by atoms with Crippen LogP contribution in [0.15, 0.2) is 10.5 Å². The Balaban J connectivity index is 2.25. The van der Waals surface area contributed by atoms with Gasteiger partial charge in [-0.2, -0.15) is 5.26 Å². The van der Waals surface area contributed by atoms with Crippen molar-refractivity contribution in [3.05, 3.63) is 19.8 Å². The van der Waals surface area contributed by atoms with Crippen LogP contribution in [0.4, 0.5) is 0 Å². The summed E-state index contributed by atoms with van der Waals surface area (Å²) in [6, 6.07) is 4.26. The molecule has 0 amide bonds. The van der Waals surface area contributed by atoms with Crippen LogP contribution >= 0.6 is 38.9 Å². The van der Waals surface area contributed by atoms with Crippen molar-refractivity contribution in [3.63, 3.8) is 0 Å². The van der Waals surface area contributed by atoms with Gasteiger partial charge in [-0.25, -0.2) is 0 Å². The molecule has 80 valence electrons. The molecule has 1 aliphatic heterocycles. The van der Waals surface area contributed by atoms with E-state index >= 15 is 0 Å². The van der Waals surface area contributed by atoms with Crippen molar-refractivity contribution in [1.29, 1.82) is 5.26 Å². The van der Waals surface area contributed by atoms with E-state index in [1.807, 2.05) is 6.07 Å². The second kappa shape index (κ2) is 4.84. The van der Waals surface area contributed by atoms with Crippen molar-refractivity contribution >= 4 is 38.9 Å². The van der Waals surface area contributed by atoms with Crippen molar-refractivity contribution in [2.45, 2.75) is 18.9 Å². The third kappa shape index (κ3) is 2.36. The molecule has 1 aromatic heterocycles. The monoisotopic (exact) mass is 305 g/mol. The van der Waals surface area contributed by atoms with Gasteiger partial charge in [-0.15, -0.1) is 11.3 Å². The molecule has 15 heavy (non-hydrogen) atoms. The highest BCUT2D eigenvalue weighted by molar-refractivity contribution is 9.10. The van der Waals surface area contributed by atoms with E-state index in [1.54, 1.807) is 0 Å². The fourth-order valence-corrected chi connectivity index (χ4v) is 3.55. The Hall–Kier alpha value is -0.0800. The highest BCUT2D eigenvalue weighted by Gasteiger charge is 2.29. The Bertz CT molecular complexity index is 381. The van der Waals surface area contributed by atoms with Crippen LogP contribution in [-0.2, 0) is 4.74 Å². The molecule has 0 N–H and O–H groups in total. The smallest absolute Gasteiger partial charge is 0.107 e. The lowest BCUT2D eigenvalue weighted by molar-refractivity contribution is -0.00793. The Morgan fingerprint density at radius 2 is 2.47 bits per heavy atom. The minimum Gasteiger partial charge on any atom is -0.371 e. The highest BCUT2D eigenvalue weighted by Crippen LogP contribution is 2.41. The van der Waals surface area contributed by atoms with Crippen LogP contribution < -0.4 is 0 Å². The Kier molecular flexibility index (Phi) is 3.68. The van der Waals surface area contributed by atoms with Crippen LogP contribution in [0.2, 0.25) is 4.34 Å². The molecular weight excluding hydrogens is 298 g/mol. The van der Waals surface area contributed by atoms with Crippen molar-refractivity contribution in [3.8, 4) is 6.07 Å². The molecule has 1 fully saturated rings. The van der Waals surface area contributed by atoms with Crippen LogP contribution in [0.3, 0.4) is 0 Å². The zero-order valence-corrected chi connectivity index (χ0v) is 11.0. The van der Waals surface area contributed by atoms with Gasteiger partial charge in [-0.1, -0.05) is 11.6 Å². The van der Waals surface area contributed by atoms with E-state index in [0.29, 0.717) is 0 Å². The largest absolute Gasteiger partial charge is 0.371 e. The summed E-state index contributed by atoms with van der Waals surface area (Å²) in [5.41, 5.74) is 0. The SMILES string of the molecule is N#CC1CCCOC1c1cc(Br)c(Cl)s1. The second-order valence-corrected chi connectivity index (χ2v) is 5.98. The van der Waals surface area contributed by atoms with Crippen LogP contribution in [0.5, 0.6) is 0 Å². The minimum atomic E-state index is -0.0995. The minimum absolute atomic E-state index is 0.0413. The standard InChI is InChI=1S/C10H9BrClNOS/c11-7-4-8(15-10(7)12)9-6(5-13)2-1-3-14-9/h4,6,9H,1-3H2. The summed E-state index contributed by atoms with van der Waals surface area (Å²) in [6.07, 6.45) is 1.78. The van der Waals surface area contributed by atoms with Gasteiger partial charge in [-0.05, 0) is 34.8 Å². The number of halogens is 2. The van der Waals surface area contributed by atoms with Gasteiger partial charge >= 0.3 is 0 Å². The quantitative estimate of drug-likeness (QED) is 0.780. The third-order valence-electron chi connectivity index (χ3n) is 2.43. The summed E-state index contributed by atoms with van der Waals surface area (Å²) in [7, 11) is 0. The summed E-state index contributed by atoms with van der Waals surface area (Å²) >= 11 is 10.8. The number of nitriles is 1. The topological polar surface area (TPSA) is 33.0 Å². The molecule has 0 aromatic carbocycles. The number of hydrogen-bond acceptors (Lipinski definition) is 3. The maximum Gasteiger partial charge on any atom is 0.107 e. The molecule has 2 rings (SSSR count). The van der Waals surface area contributed by atoms with Crippen LogP contribution in [0, 0.1) is 17.2 Å². The van der Waals surface area contributed by atoms with E-state index in [4.69, 9.17) is 21.6 Å². The summed E-state index contributed by atoms with van der Waals surface area (Å²) < 4.78 is 7.25. The maximum atomic E-state index is 9.03. The Morgan fingerprint density at radius 3 is 3.07 bits per heavy atom. The average Bonchev–Trinajstić information content (AvgIpc) is 2.59. The van der Waals surface area contributed by atoms with E-state index in [-0.39, 0.29) is 12.0 Å². The lowest BCUT2D eigenvalue weighted by Gasteiger charge is -2.26. The zero-order chi connectivity index (χ0) is 10.8. The van der Waals surface area contributed by atoms with Crippen LogP contribution in [-0.4, -0.2) is 6.61 Å². The predicted molar refractivity (Wildman–Crippen MR) is 64.1 cm³/mol. The van der Waals surface area contributed by atoms with Gasteiger partial charge in [-0.3, -0.25) is 0 Å². The molecule has 2 heterocycles. The summed E-state index contributed by atoms with van der Waals surface area (Å²) in [4.78, 5) is 1.04.